The molecular weight excluding hydrogens is 344 g/mol. The molecule has 0 unspecified atom stereocenters. The van der Waals surface area contributed by atoms with Gasteiger partial charge in [-0.05, 0) is 25.0 Å². The summed E-state index contributed by atoms with van der Waals surface area (Å²) in [5.41, 5.74) is -0.0529. The zero-order valence-electron chi connectivity index (χ0n) is 13.4. The summed E-state index contributed by atoms with van der Waals surface area (Å²) >= 11 is 3.43. The van der Waals surface area contributed by atoms with Crippen LogP contribution in [0.25, 0.3) is 0 Å². The Morgan fingerprint density at radius 1 is 1.23 bits per heavy atom. The van der Waals surface area contributed by atoms with E-state index in [4.69, 9.17) is 4.52 Å². The van der Waals surface area contributed by atoms with Crippen LogP contribution < -0.4 is 5.32 Å². The quantitative estimate of drug-likeness (QED) is 0.737. The number of anilines is 1. The maximum Gasteiger partial charge on any atom is 0.226 e. The average Bonchev–Trinajstić information content (AvgIpc) is 2.91. The summed E-state index contributed by atoms with van der Waals surface area (Å²) in [6.07, 6.45) is 5.90. The number of rotatable bonds is 7. The molecule has 2 aromatic rings. The van der Waals surface area contributed by atoms with Gasteiger partial charge in [0.05, 0.1) is 0 Å². The van der Waals surface area contributed by atoms with Crippen molar-refractivity contribution in [2.75, 3.05) is 11.9 Å². The van der Waals surface area contributed by atoms with E-state index in [1.807, 2.05) is 12.1 Å². The van der Waals surface area contributed by atoms with Crippen molar-refractivity contribution in [3.05, 3.63) is 34.5 Å². The van der Waals surface area contributed by atoms with E-state index >= 15 is 0 Å². The molecule has 0 fully saturated rings. The Bertz CT molecular complexity index is 592. The third-order valence-corrected chi connectivity index (χ3v) is 3.73. The van der Waals surface area contributed by atoms with Gasteiger partial charge in [0, 0.05) is 29.1 Å². The third-order valence-electron chi connectivity index (χ3n) is 3.23. The van der Waals surface area contributed by atoms with Crippen molar-refractivity contribution in [1.82, 2.24) is 15.1 Å². The number of nitrogens with one attached hydrogen (secondary N) is 1. The van der Waals surface area contributed by atoms with Gasteiger partial charge >= 0.3 is 0 Å². The van der Waals surface area contributed by atoms with E-state index in [0.29, 0.717) is 0 Å². The molecule has 22 heavy (non-hydrogen) atoms. The molecule has 6 heteroatoms. The van der Waals surface area contributed by atoms with E-state index in [-0.39, 0.29) is 5.41 Å². The van der Waals surface area contributed by atoms with Gasteiger partial charge in [-0.2, -0.15) is 4.98 Å². The number of unbranched alkanes of at least 4 members (excludes halogenated alkanes) is 2. The minimum absolute atomic E-state index is 0.0529. The maximum atomic E-state index is 5.29. The number of halogens is 1. The summed E-state index contributed by atoms with van der Waals surface area (Å²) in [5.74, 6) is 2.43. The molecule has 1 N–H and O–H groups in total. The van der Waals surface area contributed by atoms with Gasteiger partial charge < -0.3 is 9.84 Å². The Balaban J connectivity index is 1.62. The molecule has 0 saturated carbocycles. The molecule has 120 valence electrons. The lowest BCUT2D eigenvalue weighted by Crippen LogP contribution is -2.13. The molecule has 2 heterocycles. The highest BCUT2D eigenvalue weighted by atomic mass is 79.9. The number of pyridine rings is 1. The highest BCUT2D eigenvalue weighted by Crippen LogP contribution is 2.19. The smallest absolute Gasteiger partial charge is 0.226 e. The third kappa shape index (κ3) is 5.40. The molecule has 0 spiro atoms. The highest BCUT2D eigenvalue weighted by Gasteiger charge is 2.20. The minimum atomic E-state index is -0.0529. The molecule has 0 bridgehead atoms. The van der Waals surface area contributed by atoms with E-state index < -0.39 is 0 Å². The standard InChI is InChI=1S/C16H23BrN4O/c1-16(2,3)15-20-14(22-21-15)7-5-4-6-9-18-13-11-12(17)8-10-19-13/h8,10-11H,4-7,9H2,1-3H3,(H,18,19). The zero-order chi connectivity index (χ0) is 16.0. The number of aryl methyl sites for hydroxylation is 1. The molecule has 2 aromatic heterocycles. The maximum absolute atomic E-state index is 5.29. The molecule has 0 radical (unpaired) electrons. The zero-order valence-corrected chi connectivity index (χ0v) is 15.0. The predicted octanol–water partition coefficient (Wildman–Crippen LogP) is 4.35. The van der Waals surface area contributed by atoms with Crippen molar-refractivity contribution >= 4 is 21.7 Å². The van der Waals surface area contributed by atoms with Crippen LogP contribution in [0.2, 0.25) is 0 Å². The van der Waals surface area contributed by atoms with Crippen molar-refractivity contribution in [1.29, 1.82) is 0 Å². The molecule has 0 aromatic carbocycles. The second-order valence-corrected chi connectivity index (χ2v) is 7.27. The van der Waals surface area contributed by atoms with Crippen molar-refractivity contribution < 1.29 is 4.52 Å². The second-order valence-electron chi connectivity index (χ2n) is 6.36. The number of aromatic nitrogens is 3. The Morgan fingerprint density at radius 3 is 2.73 bits per heavy atom. The van der Waals surface area contributed by atoms with E-state index in [1.165, 1.54) is 0 Å². The summed E-state index contributed by atoms with van der Waals surface area (Å²) in [7, 11) is 0. The van der Waals surface area contributed by atoms with Crippen LogP contribution in [0.3, 0.4) is 0 Å². The first-order valence-electron chi connectivity index (χ1n) is 7.63. The van der Waals surface area contributed by atoms with E-state index in [9.17, 15) is 0 Å². The molecule has 0 aliphatic carbocycles. The van der Waals surface area contributed by atoms with Gasteiger partial charge in [0.25, 0.3) is 0 Å². The average molecular weight is 367 g/mol. The summed E-state index contributed by atoms with van der Waals surface area (Å²) in [6, 6.07) is 3.90. The first-order chi connectivity index (χ1) is 10.4. The first kappa shape index (κ1) is 16.9. The van der Waals surface area contributed by atoms with Gasteiger partial charge in [-0.25, -0.2) is 4.98 Å². The fourth-order valence-corrected chi connectivity index (χ4v) is 2.29. The lowest BCUT2D eigenvalue weighted by atomic mass is 9.96. The fourth-order valence-electron chi connectivity index (χ4n) is 1.96. The number of hydrogen-bond acceptors (Lipinski definition) is 5. The van der Waals surface area contributed by atoms with Gasteiger partial charge in [0.1, 0.15) is 5.82 Å². The number of nitrogens with zero attached hydrogens (tertiary/aromatic N) is 3. The Morgan fingerprint density at radius 2 is 2.05 bits per heavy atom. The second kappa shape index (κ2) is 7.72. The van der Waals surface area contributed by atoms with Crippen LogP contribution >= 0.6 is 15.9 Å². The van der Waals surface area contributed by atoms with Crippen LogP contribution in [-0.4, -0.2) is 21.7 Å². The predicted molar refractivity (Wildman–Crippen MR) is 91.0 cm³/mol. The van der Waals surface area contributed by atoms with Crippen LogP contribution in [-0.2, 0) is 11.8 Å². The Kier molecular flexibility index (Phi) is 5.94. The Hall–Kier alpha value is -1.43. The van der Waals surface area contributed by atoms with E-state index in [2.05, 4.69) is 57.1 Å². The summed E-state index contributed by atoms with van der Waals surface area (Å²) < 4.78 is 6.33. The molecule has 0 aliphatic heterocycles. The van der Waals surface area contributed by atoms with Crippen LogP contribution in [0, 0.1) is 0 Å². The molecule has 0 saturated heterocycles. The Labute approximate surface area is 140 Å². The van der Waals surface area contributed by atoms with Gasteiger partial charge in [-0.3, -0.25) is 0 Å². The van der Waals surface area contributed by atoms with Crippen molar-refractivity contribution in [3.63, 3.8) is 0 Å². The summed E-state index contributed by atoms with van der Waals surface area (Å²) in [6.45, 7) is 7.18. The SMILES string of the molecule is CC(C)(C)c1noc(CCCCCNc2cc(Br)ccn2)n1. The van der Waals surface area contributed by atoms with Gasteiger partial charge in [0.2, 0.25) is 5.89 Å². The van der Waals surface area contributed by atoms with Gasteiger partial charge in [-0.1, -0.05) is 48.3 Å². The van der Waals surface area contributed by atoms with Crippen molar-refractivity contribution in [2.45, 2.75) is 51.9 Å². The first-order valence-corrected chi connectivity index (χ1v) is 8.43. The molecule has 0 amide bonds. The van der Waals surface area contributed by atoms with E-state index in [0.717, 1.165) is 54.2 Å². The van der Waals surface area contributed by atoms with Crippen molar-refractivity contribution in [3.8, 4) is 0 Å². The molecule has 0 aliphatic rings. The summed E-state index contributed by atoms with van der Waals surface area (Å²) in [4.78, 5) is 8.70. The molecular formula is C16H23BrN4O. The molecule has 0 atom stereocenters. The van der Waals surface area contributed by atoms with Crippen molar-refractivity contribution in [2.24, 2.45) is 0 Å². The lowest BCUT2D eigenvalue weighted by molar-refractivity contribution is 0.359. The van der Waals surface area contributed by atoms with Gasteiger partial charge in [-0.15, -0.1) is 0 Å². The summed E-state index contributed by atoms with van der Waals surface area (Å²) in [5, 5.41) is 7.35. The van der Waals surface area contributed by atoms with Crippen LogP contribution in [0.1, 0.15) is 51.7 Å². The molecule has 5 nitrogen and oxygen atoms in total. The lowest BCUT2D eigenvalue weighted by Gasteiger charge is -2.10. The molecule has 2 rings (SSSR count). The topological polar surface area (TPSA) is 63.8 Å². The van der Waals surface area contributed by atoms with Crippen LogP contribution in [0.5, 0.6) is 0 Å². The normalized spacial score (nSPS) is 11.6. The van der Waals surface area contributed by atoms with E-state index in [1.54, 1.807) is 6.20 Å². The largest absolute Gasteiger partial charge is 0.370 e. The monoisotopic (exact) mass is 366 g/mol. The van der Waals surface area contributed by atoms with Crippen LogP contribution in [0.4, 0.5) is 5.82 Å². The van der Waals surface area contributed by atoms with Crippen LogP contribution in [0.15, 0.2) is 27.3 Å². The van der Waals surface area contributed by atoms with Gasteiger partial charge in [0.15, 0.2) is 5.82 Å². The minimum Gasteiger partial charge on any atom is -0.370 e. The highest BCUT2D eigenvalue weighted by molar-refractivity contribution is 9.10. The fraction of sp³-hybridized carbons (Fsp3) is 0.562. The number of hydrogen-bond donors (Lipinski definition) is 1.